The third kappa shape index (κ3) is 2.96. The van der Waals surface area contributed by atoms with Crippen LogP contribution in [0.25, 0.3) is 0 Å². The van der Waals surface area contributed by atoms with Crippen LogP contribution in [0, 0.1) is 5.41 Å². The maximum absolute atomic E-state index is 7.39. The predicted molar refractivity (Wildman–Crippen MR) is 59.7 cm³/mol. The standard InChI is InChI=1S/C10H22N4/c1-3-4-13-5-7-14(8-6-13)9(2)10(11)12/h9H,3-8H2,1-2H3,(H3,11,12). The number of amidine groups is 1. The summed E-state index contributed by atoms with van der Waals surface area (Å²) in [6, 6.07) is 0.110. The number of hydrogen-bond acceptors (Lipinski definition) is 3. The Morgan fingerprint density at radius 1 is 1.36 bits per heavy atom. The van der Waals surface area contributed by atoms with E-state index in [0.29, 0.717) is 0 Å². The summed E-state index contributed by atoms with van der Waals surface area (Å²) in [5, 5.41) is 7.39. The van der Waals surface area contributed by atoms with Gasteiger partial charge in [-0.1, -0.05) is 6.92 Å². The first-order chi connectivity index (χ1) is 6.65. The molecule has 14 heavy (non-hydrogen) atoms. The molecule has 1 saturated heterocycles. The van der Waals surface area contributed by atoms with Gasteiger partial charge in [-0.25, -0.2) is 0 Å². The normalized spacial score (nSPS) is 22.1. The van der Waals surface area contributed by atoms with E-state index in [2.05, 4.69) is 16.7 Å². The second-order valence-corrected chi connectivity index (χ2v) is 4.01. The van der Waals surface area contributed by atoms with Gasteiger partial charge in [0, 0.05) is 26.2 Å². The first kappa shape index (κ1) is 11.5. The van der Waals surface area contributed by atoms with Crippen LogP contribution in [0.5, 0.6) is 0 Å². The van der Waals surface area contributed by atoms with Crippen molar-refractivity contribution < 1.29 is 0 Å². The van der Waals surface area contributed by atoms with Crippen molar-refractivity contribution in [1.29, 1.82) is 5.41 Å². The average molecular weight is 198 g/mol. The van der Waals surface area contributed by atoms with E-state index < -0.39 is 0 Å². The molecular formula is C10H22N4. The predicted octanol–water partition coefficient (Wildman–Crippen LogP) is 0.338. The fourth-order valence-corrected chi connectivity index (χ4v) is 1.89. The van der Waals surface area contributed by atoms with Gasteiger partial charge in [-0.15, -0.1) is 0 Å². The van der Waals surface area contributed by atoms with E-state index in [1.54, 1.807) is 0 Å². The van der Waals surface area contributed by atoms with Gasteiger partial charge in [-0.05, 0) is 19.9 Å². The van der Waals surface area contributed by atoms with Gasteiger partial charge in [0.2, 0.25) is 0 Å². The first-order valence-electron chi connectivity index (χ1n) is 5.45. The van der Waals surface area contributed by atoms with Gasteiger partial charge in [-0.3, -0.25) is 10.3 Å². The fourth-order valence-electron chi connectivity index (χ4n) is 1.89. The lowest BCUT2D eigenvalue weighted by molar-refractivity contribution is 0.122. The highest BCUT2D eigenvalue weighted by Crippen LogP contribution is 2.06. The van der Waals surface area contributed by atoms with Crippen molar-refractivity contribution >= 4 is 5.84 Å². The molecule has 0 aromatic rings. The minimum absolute atomic E-state index is 0.110. The van der Waals surface area contributed by atoms with E-state index in [1.807, 2.05) is 6.92 Å². The van der Waals surface area contributed by atoms with Gasteiger partial charge in [0.15, 0.2) is 0 Å². The second-order valence-electron chi connectivity index (χ2n) is 4.01. The highest BCUT2D eigenvalue weighted by atomic mass is 15.3. The Balaban J connectivity index is 2.31. The summed E-state index contributed by atoms with van der Waals surface area (Å²) in [7, 11) is 0. The molecule has 4 heteroatoms. The van der Waals surface area contributed by atoms with Gasteiger partial charge >= 0.3 is 0 Å². The summed E-state index contributed by atoms with van der Waals surface area (Å²) in [6.45, 7) is 9.74. The average Bonchev–Trinajstić information content (AvgIpc) is 2.18. The van der Waals surface area contributed by atoms with E-state index in [1.165, 1.54) is 13.0 Å². The minimum Gasteiger partial charge on any atom is -0.386 e. The van der Waals surface area contributed by atoms with Crippen LogP contribution in [0.4, 0.5) is 0 Å². The monoisotopic (exact) mass is 198 g/mol. The van der Waals surface area contributed by atoms with Crippen LogP contribution in [-0.2, 0) is 0 Å². The molecule has 1 rings (SSSR count). The quantitative estimate of drug-likeness (QED) is 0.506. The van der Waals surface area contributed by atoms with Crippen LogP contribution in [0.1, 0.15) is 20.3 Å². The zero-order valence-electron chi connectivity index (χ0n) is 9.29. The molecule has 4 nitrogen and oxygen atoms in total. The zero-order chi connectivity index (χ0) is 10.6. The molecule has 0 aromatic carbocycles. The van der Waals surface area contributed by atoms with Crippen LogP contribution >= 0.6 is 0 Å². The number of nitrogens with one attached hydrogen (secondary N) is 1. The van der Waals surface area contributed by atoms with Crippen LogP contribution in [0.15, 0.2) is 0 Å². The second kappa shape index (κ2) is 5.32. The van der Waals surface area contributed by atoms with Crippen molar-refractivity contribution in [2.75, 3.05) is 32.7 Å². The van der Waals surface area contributed by atoms with E-state index in [-0.39, 0.29) is 11.9 Å². The van der Waals surface area contributed by atoms with Crippen molar-refractivity contribution in [3.05, 3.63) is 0 Å². The maximum Gasteiger partial charge on any atom is 0.108 e. The molecule has 1 atom stereocenters. The van der Waals surface area contributed by atoms with Crippen molar-refractivity contribution in [2.45, 2.75) is 26.3 Å². The van der Waals surface area contributed by atoms with Crippen LogP contribution in [0.3, 0.4) is 0 Å². The molecule has 0 bridgehead atoms. The molecule has 0 aromatic heterocycles. The first-order valence-corrected chi connectivity index (χ1v) is 5.45. The van der Waals surface area contributed by atoms with Gasteiger partial charge < -0.3 is 10.6 Å². The molecule has 0 aliphatic carbocycles. The topological polar surface area (TPSA) is 56.4 Å². The molecular weight excluding hydrogens is 176 g/mol. The summed E-state index contributed by atoms with van der Waals surface area (Å²) < 4.78 is 0. The lowest BCUT2D eigenvalue weighted by Crippen LogP contribution is -2.52. The Kier molecular flexibility index (Phi) is 4.35. The largest absolute Gasteiger partial charge is 0.386 e. The Bertz CT molecular complexity index is 185. The third-order valence-corrected chi connectivity index (χ3v) is 2.94. The van der Waals surface area contributed by atoms with Gasteiger partial charge in [0.1, 0.15) is 5.84 Å². The van der Waals surface area contributed by atoms with Crippen molar-refractivity contribution in [2.24, 2.45) is 5.73 Å². The highest BCUT2D eigenvalue weighted by molar-refractivity contribution is 5.82. The van der Waals surface area contributed by atoms with E-state index >= 15 is 0 Å². The summed E-state index contributed by atoms with van der Waals surface area (Å²) >= 11 is 0. The molecule has 0 radical (unpaired) electrons. The van der Waals surface area contributed by atoms with E-state index in [0.717, 1.165) is 26.2 Å². The number of piperazine rings is 1. The molecule has 0 amide bonds. The summed E-state index contributed by atoms with van der Waals surface area (Å²) in [4.78, 5) is 4.76. The number of hydrogen-bond donors (Lipinski definition) is 2. The van der Waals surface area contributed by atoms with Crippen LogP contribution in [0.2, 0.25) is 0 Å². The van der Waals surface area contributed by atoms with Crippen molar-refractivity contribution in [3.8, 4) is 0 Å². The Labute approximate surface area is 86.6 Å². The number of nitrogens with zero attached hydrogens (tertiary/aromatic N) is 2. The van der Waals surface area contributed by atoms with Gasteiger partial charge in [0.25, 0.3) is 0 Å². The summed E-state index contributed by atoms with van der Waals surface area (Å²) in [5.41, 5.74) is 5.49. The summed E-state index contributed by atoms with van der Waals surface area (Å²) in [6.07, 6.45) is 1.22. The number of nitrogens with two attached hydrogens (primary N) is 1. The summed E-state index contributed by atoms with van der Waals surface area (Å²) in [5.74, 6) is 0.286. The molecule has 82 valence electrons. The van der Waals surface area contributed by atoms with Crippen molar-refractivity contribution in [1.82, 2.24) is 9.80 Å². The maximum atomic E-state index is 7.39. The van der Waals surface area contributed by atoms with Crippen LogP contribution < -0.4 is 5.73 Å². The van der Waals surface area contributed by atoms with E-state index in [9.17, 15) is 0 Å². The molecule has 3 N–H and O–H groups in total. The lowest BCUT2D eigenvalue weighted by atomic mass is 10.2. The Morgan fingerprint density at radius 3 is 2.36 bits per heavy atom. The molecule has 1 aliphatic rings. The molecule has 0 spiro atoms. The zero-order valence-corrected chi connectivity index (χ0v) is 9.29. The Morgan fingerprint density at radius 2 is 1.93 bits per heavy atom. The number of rotatable bonds is 4. The molecule has 1 aliphatic heterocycles. The smallest absolute Gasteiger partial charge is 0.108 e. The molecule has 0 saturated carbocycles. The molecule has 1 unspecified atom stereocenters. The van der Waals surface area contributed by atoms with Gasteiger partial charge in [-0.2, -0.15) is 0 Å². The van der Waals surface area contributed by atoms with Gasteiger partial charge in [0.05, 0.1) is 6.04 Å². The van der Waals surface area contributed by atoms with E-state index in [4.69, 9.17) is 11.1 Å². The molecule has 1 heterocycles. The lowest BCUT2D eigenvalue weighted by Gasteiger charge is -2.37. The minimum atomic E-state index is 0.110. The van der Waals surface area contributed by atoms with Crippen LogP contribution in [-0.4, -0.2) is 54.4 Å². The Hall–Kier alpha value is -0.610. The highest BCUT2D eigenvalue weighted by Gasteiger charge is 2.21. The fraction of sp³-hybridized carbons (Fsp3) is 0.900. The molecule has 1 fully saturated rings. The van der Waals surface area contributed by atoms with Crippen molar-refractivity contribution in [3.63, 3.8) is 0 Å². The SMILES string of the molecule is CCCN1CCN(C(C)C(=N)N)CC1. The third-order valence-electron chi connectivity index (χ3n) is 2.94.